The number of rotatable bonds is 4. The van der Waals surface area contributed by atoms with E-state index in [0.29, 0.717) is 12.1 Å². The molecule has 0 aromatic heterocycles. The highest BCUT2D eigenvalue weighted by Gasteiger charge is 2.41. The van der Waals surface area contributed by atoms with Crippen molar-refractivity contribution in [2.75, 3.05) is 40.3 Å². The predicted octanol–water partition coefficient (Wildman–Crippen LogP) is 1.30. The molecule has 2 saturated heterocycles. The van der Waals surface area contributed by atoms with E-state index in [1.165, 1.54) is 25.9 Å². The highest BCUT2D eigenvalue weighted by atomic mass is 16.5. The van der Waals surface area contributed by atoms with Gasteiger partial charge in [-0.25, -0.2) is 0 Å². The second kappa shape index (κ2) is 6.53. The maximum absolute atomic E-state index is 6.18. The number of hydrogen-bond acceptors (Lipinski definition) is 4. The number of nitrogens with zero attached hydrogens (tertiary/aromatic N) is 2. The molecule has 2 heterocycles. The quantitative estimate of drug-likeness (QED) is 0.835. The Morgan fingerprint density at radius 1 is 1.37 bits per heavy atom. The summed E-state index contributed by atoms with van der Waals surface area (Å²) in [6.45, 7) is 6.27. The normalized spacial score (nSPS) is 34.9. The Hall–Kier alpha value is -0.160. The zero-order valence-corrected chi connectivity index (χ0v) is 12.9. The molecule has 19 heavy (non-hydrogen) atoms. The number of hydrogen-bond donors (Lipinski definition) is 1. The van der Waals surface area contributed by atoms with Crippen molar-refractivity contribution in [1.82, 2.24) is 9.80 Å². The average Bonchev–Trinajstić information content (AvgIpc) is 2.47. The lowest BCUT2D eigenvalue weighted by Crippen LogP contribution is -2.61. The van der Waals surface area contributed by atoms with E-state index in [0.717, 1.165) is 32.4 Å². The fraction of sp³-hybridized carbons (Fsp3) is 1.00. The van der Waals surface area contributed by atoms with Gasteiger partial charge in [-0.1, -0.05) is 6.92 Å². The first-order valence-corrected chi connectivity index (χ1v) is 7.84. The van der Waals surface area contributed by atoms with Gasteiger partial charge in [0.05, 0.1) is 6.10 Å². The molecule has 2 unspecified atom stereocenters. The van der Waals surface area contributed by atoms with Gasteiger partial charge >= 0.3 is 0 Å². The van der Waals surface area contributed by atoms with Crippen molar-refractivity contribution in [1.29, 1.82) is 0 Å². The number of piperidine rings is 1. The number of ether oxygens (including phenoxy) is 1. The summed E-state index contributed by atoms with van der Waals surface area (Å²) in [5, 5.41) is 0. The Bertz CT molecular complexity index is 279. The van der Waals surface area contributed by atoms with Crippen molar-refractivity contribution in [2.45, 2.75) is 56.7 Å². The van der Waals surface area contributed by atoms with Gasteiger partial charge in [0.15, 0.2) is 0 Å². The van der Waals surface area contributed by atoms with E-state index in [-0.39, 0.29) is 5.54 Å². The molecule has 4 heteroatoms. The lowest BCUT2D eigenvalue weighted by Gasteiger charge is -2.50. The van der Waals surface area contributed by atoms with Gasteiger partial charge in [-0.2, -0.15) is 0 Å². The first kappa shape index (κ1) is 15.2. The van der Waals surface area contributed by atoms with Crippen LogP contribution in [0.1, 0.15) is 39.0 Å². The van der Waals surface area contributed by atoms with Crippen LogP contribution in [-0.4, -0.2) is 67.8 Å². The number of likely N-dealkylation sites (N-methyl/N-ethyl adjacent to an activating group) is 1. The minimum atomic E-state index is 0.166. The second-order valence-corrected chi connectivity index (χ2v) is 6.43. The molecule has 0 aromatic carbocycles. The molecule has 2 aliphatic heterocycles. The van der Waals surface area contributed by atoms with E-state index >= 15 is 0 Å². The Balaban J connectivity index is 2.03. The third kappa shape index (κ3) is 3.30. The Labute approximate surface area is 118 Å². The zero-order valence-electron chi connectivity index (χ0n) is 12.9. The van der Waals surface area contributed by atoms with Crippen LogP contribution in [0.15, 0.2) is 0 Å². The molecule has 0 saturated carbocycles. The SMILES string of the molecule is CCC1CC(CN)(N(C)C2CCN(C)CC2)CCO1. The fourth-order valence-electron chi connectivity index (χ4n) is 3.68. The molecule has 0 bridgehead atoms. The van der Waals surface area contributed by atoms with Gasteiger partial charge in [0.1, 0.15) is 0 Å². The van der Waals surface area contributed by atoms with Crippen LogP contribution in [0.25, 0.3) is 0 Å². The van der Waals surface area contributed by atoms with Crippen molar-refractivity contribution in [3.05, 3.63) is 0 Å². The summed E-state index contributed by atoms with van der Waals surface area (Å²) in [6, 6.07) is 0.690. The molecule has 0 aromatic rings. The summed E-state index contributed by atoms with van der Waals surface area (Å²) < 4.78 is 5.85. The molecule has 2 rings (SSSR count). The molecule has 0 radical (unpaired) electrons. The van der Waals surface area contributed by atoms with Gasteiger partial charge < -0.3 is 15.4 Å². The van der Waals surface area contributed by atoms with Crippen molar-refractivity contribution in [2.24, 2.45) is 5.73 Å². The molecule has 2 atom stereocenters. The summed E-state index contributed by atoms with van der Waals surface area (Å²) in [4.78, 5) is 5.03. The van der Waals surface area contributed by atoms with Gasteiger partial charge in [0, 0.05) is 24.7 Å². The van der Waals surface area contributed by atoms with E-state index in [4.69, 9.17) is 10.5 Å². The zero-order chi connectivity index (χ0) is 13.9. The predicted molar refractivity (Wildman–Crippen MR) is 79.3 cm³/mol. The summed E-state index contributed by atoms with van der Waals surface area (Å²) in [5.41, 5.74) is 6.35. The Kier molecular flexibility index (Phi) is 5.23. The maximum Gasteiger partial charge on any atom is 0.0590 e. The van der Waals surface area contributed by atoms with Crippen LogP contribution in [0.3, 0.4) is 0 Å². The third-order valence-corrected chi connectivity index (χ3v) is 5.35. The second-order valence-electron chi connectivity index (χ2n) is 6.43. The van der Waals surface area contributed by atoms with Crippen LogP contribution >= 0.6 is 0 Å². The smallest absolute Gasteiger partial charge is 0.0590 e. The largest absolute Gasteiger partial charge is 0.378 e. The Morgan fingerprint density at radius 3 is 2.63 bits per heavy atom. The van der Waals surface area contributed by atoms with Gasteiger partial charge in [0.2, 0.25) is 0 Å². The molecular weight excluding hydrogens is 238 g/mol. The molecular formula is C15H31N3O. The molecule has 0 spiro atoms. The topological polar surface area (TPSA) is 41.7 Å². The van der Waals surface area contributed by atoms with E-state index in [9.17, 15) is 0 Å². The average molecular weight is 269 g/mol. The van der Waals surface area contributed by atoms with Crippen LogP contribution in [0.5, 0.6) is 0 Å². The molecule has 2 N–H and O–H groups in total. The van der Waals surface area contributed by atoms with Crippen LogP contribution in [0.4, 0.5) is 0 Å². The van der Waals surface area contributed by atoms with Crippen molar-refractivity contribution >= 4 is 0 Å². The van der Waals surface area contributed by atoms with Crippen LogP contribution in [-0.2, 0) is 4.74 Å². The lowest BCUT2D eigenvalue weighted by atomic mass is 9.82. The molecule has 0 amide bonds. The van der Waals surface area contributed by atoms with Gasteiger partial charge in [0.25, 0.3) is 0 Å². The van der Waals surface area contributed by atoms with Crippen LogP contribution in [0.2, 0.25) is 0 Å². The highest BCUT2D eigenvalue weighted by Crippen LogP contribution is 2.33. The standard InChI is InChI=1S/C15H31N3O/c1-4-14-11-15(12-16,7-10-19-14)18(3)13-5-8-17(2)9-6-13/h13-14H,4-12,16H2,1-3H3. The fourth-order valence-corrected chi connectivity index (χ4v) is 3.68. The van der Waals surface area contributed by atoms with Gasteiger partial charge in [-0.3, -0.25) is 4.90 Å². The third-order valence-electron chi connectivity index (χ3n) is 5.35. The summed E-state index contributed by atoms with van der Waals surface area (Å²) in [6.07, 6.45) is 6.22. The van der Waals surface area contributed by atoms with Crippen LogP contribution in [0, 0.1) is 0 Å². The van der Waals surface area contributed by atoms with E-state index < -0.39 is 0 Å². The first-order valence-electron chi connectivity index (χ1n) is 7.84. The molecule has 4 nitrogen and oxygen atoms in total. The molecule has 112 valence electrons. The van der Waals surface area contributed by atoms with E-state index in [1.807, 2.05) is 0 Å². The maximum atomic E-state index is 6.18. The number of nitrogens with two attached hydrogens (primary N) is 1. The summed E-state index contributed by atoms with van der Waals surface area (Å²) in [7, 11) is 4.51. The van der Waals surface area contributed by atoms with Crippen LogP contribution < -0.4 is 5.73 Å². The van der Waals surface area contributed by atoms with E-state index in [1.54, 1.807) is 0 Å². The summed E-state index contributed by atoms with van der Waals surface area (Å²) >= 11 is 0. The minimum absolute atomic E-state index is 0.166. The van der Waals surface area contributed by atoms with Crippen molar-refractivity contribution in [3.63, 3.8) is 0 Å². The minimum Gasteiger partial charge on any atom is -0.378 e. The van der Waals surface area contributed by atoms with Gasteiger partial charge in [-0.05, 0) is 59.3 Å². The first-order chi connectivity index (χ1) is 9.11. The highest BCUT2D eigenvalue weighted by molar-refractivity contribution is 4.98. The van der Waals surface area contributed by atoms with E-state index in [2.05, 4.69) is 30.8 Å². The van der Waals surface area contributed by atoms with Crippen molar-refractivity contribution in [3.8, 4) is 0 Å². The monoisotopic (exact) mass is 269 g/mol. The molecule has 2 fully saturated rings. The summed E-state index contributed by atoms with van der Waals surface area (Å²) in [5.74, 6) is 0. The molecule has 2 aliphatic rings. The molecule has 0 aliphatic carbocycles. The van der Waals surface area contributed by atoms with Crippen molar-refractivity contribution < 1.29 is 4.74 Å². The Morgan fingerprint density at radius 2 is 2.05 bits per heavy atom. The van der Waals surface area contributed by atoms with Gasteiger partial charge in [-0.15, -0.1) is 0 Å². The number of likely N-dealkylation sites (tertiary alicyclic amines) is 1. The lowest BCUT2D eigenvalue weighted by molar-refractivity contribution is -0.0813.